The van der Waals surface area contributed by atoms with Crippen molar-refractivity contribution in [2.45, 2.75) is 32.4 Å². The van der Waals surface area contributed by atoms with E-state index < -0.39 is 18.1 Å². The van der Waals surface area contributed by atoms with Gasteiger partial charge in [0.2, 0.25) is 0 Å². The first kappa shape index (κ1) is 13.5. The Kier molecular flexibility index (Phi) is 3.57. The standard InChI is InChI=1S/C14H17NO4/c1-8-4-3-5-9(2)12(8)13(17)15-7-10(16)6-11(15)14(18)19/h3-5,10-11,16H,6-7H2,1-2H3,(H,18,19)/t10-,11+/m1/s1. The van der Waals surface area contributed by atoms with Gasteiger partial charge in [0, 0.05) is 18.5 Å². The van der Waals surface area contributed by atoms with Gasteiger partial charge in [-0.05, 0) is 25.0 Å². The van der Waals surface area contributed by atoms with Gasteiger partial charge >= 0.3 is 5.97 Å². The Morgan fingerprint density at radius 1 is 1.26 bits per heavy atom. The van der Waals surface area contributed by atoms with Crippen molar-refractivity contribution >= 4 is 11.9 Å². The molecule has 1 aromatic carbocycles. The van der Waals surface area contributed by atoms with E-state index in [0.29, 0.717) is 5.56 Å². The van der Waals surface area contributed by atoms with Crippen LogP contribution in [-0.4, -0.2) is 45.7 Å². The van der Waals surface area contributed by atoms with Crippen LogP contribution in [0.5, 0.6) is 0 Å². The van der Waals surface area contributed by atoms with Gasteiger partial charge in [0.1, 0.15) is 6.04 Å². The number of aliphatic hydroxyl groups is 1. The van der Waals surface area contributed by atoms with E-state index in [1.165, 1.54) is 4.90 Å². The Morgan fingerprint density at radius 3 is 2.37 bits per heavy atom. The molecule has 1 fully saturated rings. The maximum atomic E-state index is 12.5. The van der Waals surface area contributed by atoms with Crippen molar-refractivity contribution in [1.82, 2.24) is 4.90 Å². The van der Waals surface area contributed by atoms with Gasteiger partial charge in [0.15, 0.2) is 0 Å². The number of carboxylic acid groups (broad SMARTS) is 1. The van der Waals surface area contributed by atoms with Crippen LogP contribution in [0.25, 0.3) is 0 Å². The lowest BCUT2D eigenvalue weighted by molar-refractivity contribution is -0.141. The molecule has 0 unspecified atom stereocenters. The molecule has 0 bridgehead atoms. The Hall–Kier alpha value is -1.88. The smallest absolute Gasteiger partial charge is 0.326 e. The minimum Gasteiger partial charge on any atom is -0.480 e. The molecule has 1 heterocycles. The lowest BCUT2D eigenvalue weighted by atomic mass is 10.0. The molecule has 19 heavy (non-hydrogen) atoms. The van der Waals surface area contributed by atoms with Crippen LogP contribution in [0.2, 0.25) is 0 Å². The predicted molar refractivity (Wildman–Crippen MR) is 69.0 cm³/mol. The van der Waals surface area contributed by atoms with Gasteiger partial charge in [0.25, 0.3) is 5.91 Å². The van der Waals surface area contributed by atoms with Crippen LogP contribution in [-0.2, 0) is 4.79 Å². The normalized spacial score (nSPS) is 22.6. The Morgan fingerprint density at radius 2 is 1.84 bits per heavy atom. The molecule has 2 atom stereocenters. The first-order chi connectivity index (χ1) is 8.91. The third-order valence-corrected chi connectivity index (χ3v) is 3.52. The number of carbonyl (C=O) groups is 2. The SMILES string of the molecule is Cc1cccc(C)c1C(=O)N1C[C@H](O)C[C@H]1C(=O)O. The first-order valence-corrected chi connectivity index (χ1v) is 6.20. The molecular weight excluding hydrogens is 246 g/mol. The summed E-state index contributed by atoms with van der Waals surface area (Å²) in [6, 6.07) is 4.56. The van der Waals surface area contributed by atoms with Crippen LogP contribution < -0.4 is 0 Å². The summed E-state index contributed by atoms with van der Waals surface area (Å²) in [5.41, 5.74) is 2.16. The molecular formula is C14H17NO4. The largest absolute Gasteiger partial charge is 0.480 e. The van der Waals surface area contributed by atoms with E-state index in [4.69, 9.17) is 5.11 Å². The van der Waals surface area contributed by atoms with Crippen molar-refractivity contribution in [1.29, 1.82) is 0 Å². The van der Waals surface area contributed by atoms with Crippen LogP contribution in [0.1, 0.15) is 27.9 Å². The average Bonchev–Trinajstić information content (AvgIpc) is 2.71. The molecule has 1 aromatic rings. The molecule has 1 aliphatic heterocycles. The van der Waals surface area contributed by atoms with Crippen molar-refractivity contribution in [2.75, 3.05) is 6.54 Å². The van der Waals surface area contributed by atoms with E-state index in [9.17, 15) is 14.7 Å². The number of benzene rings is 1. The van der Waals surface area contributed by atoms with Gasteiger partial charge in [-0.1, -0.05) is 18.2 Å². The Labute approximate surface area is 111 Å². The molecule has 0 aromatic heterocycles. The summed E-state index contributed by atoms with van der Waals surface area (Å²) in [5, 5.41) is 18.7. The molecule has 102 valence electrons. The Balaban J connectivity index is 2.36. The maximum absolute atomic E-state index is 12.5. The van der Waals surface area contributed by atoms with Gasteiger partial charge in [-0.2, -0.15) is 0 Å². The number of aliphatic hydroxyl groups excluding tert-OH is 1. The molecule has 0 saturated carbocycles. The number of aryl methyl sites for hydroxylation is 2. The second-order valence-electron chi connectivity index (χ2n) is 4.97. The summed E-state index contributed by atoms with van der Waals surface area (Å²) in [5.74, 6) is -1.39. The molecule has 5 heteroatoms. The molecule has 0 aliphatic carbocycles. The van der Waals surface area contributed by atoms with Crippen LogP contribution in [0.4, 0.5) is 0 Å². The number of carbonyl (C=O) groups excluding carboxylic acids is 1. The fourth-order valence-corrected chi connectivity index (χ4v) is 2.57. The zero-order valence-corrected chi connectivity index (χ0v) is 11.0. The zero-order chi connectivity index (χ0) is 14.2. The van der Waals surface area contributed by atoms with Crippen molar-refractivity contribution in [2.24, 2.45) is 0 Å². The van der Waals surface area contributed by atoms with E-state index in [2.05, 4.69) is 0 Å². The summed E-state index contributed by atoms with van der Waals surface area (Å²) in [4.78, 5) is 24.9. The third-order valence-electron chi connectivity index (χ3n) is 3.52. The number of β-amino-alcohol motifs (C(OH)–C–C–N with tert-alkyl or cyclic N) is 1. The van der Waals surface area contributed by atoms with E-state index in [1.54, 1.807) is 0 Å². The van der Waals surface area contributed by atoms with Crippen LogP contribution >= 0.6 is 0 Å². The third kappa shape index (κ3) is 2.46. The fraction of sp³-hybridized carbons (Fsp3) is 0.429. The van der Waals surface area contributed by atoms with Gasteiger partial charge < -0.3 is 15.1 Å². The average molecular weight is 263 g/mol. The van der Waals surface area contributed by atoms with E-state index in [0.717, 1.165) is 11.1 Å². The van der Waals surface area contributed by atoms with Crippen LogP contribution in [0, 0.1) is 13.8 Å². The highest BCUT2D eigenvalue weighted by molar-refractivity contribution is 5.99. The molecule has 1 amide bonds. The summed E-state index contributed by atoms with van der Waals surface area (Å²) in [6.45, 7) is 3.72. The molecule has 2 N–H and O–H groups in total. The Bertz CT molecular complexity index is 506. The maximum Gasteiger partial charge on any atom is 0.326 e. The topological polar surface area (TPSA) is 77.8 Å². The lowest BCUT2D eigenvalue weighted by Gasteiger charge is -2.23. The molecule has 0 radical (unpaired) electrons. The van der Waals surface area contributed by atoms with Crippen LogP contribution in [0.3, 0.4) is 0 Å². The van der Waals surface area contributed by atoms with Gasteiger partial charge in [-0.25, -0.2) is 4.79 Å². The minimum absolute atomic E-state index is 0.0730. The summed E-state index contributed by atoms with van der Waals surface area (Å²) < 4.78 is 0. The second-order valence-corrected chi connectivity index (χ2v) is 4.97. The molecule has 2 rings (SSSR count). The van der Waals surface area contributed by atoms with E-state index in [1.807, 2.05) is 32.0 Å². The number of hydrogen-bond donors (Lipinski definition) is 2. The summed E-state index contributed by atoms with van der Waals surface area (Å²) >= 11 is 0. The van der Waals surface area contributed by atoms with Crippen molar-refractivity contribution in [3.8, 4) is 0 Å². The minimum atomic E-state index is -1.07. The zero-order valence-electron chi connectivity index (χ0n) is 11.0. The number of likely N-dealkylation sites (tertiary alicyclic amines) is 1. The van der Waals surface area contributed by atoms with Crippen molar-refractivity contribution in [3.05, 3.63) is 34.9 Å². The van der Waals surface area contributed by atoms with Crippen molar-refractivity contribution in [3.63, 3.8) is 0 Å². The van der Waals surface area contributed by atoms with Gasteiger partial charge in [0.05, 0.1) is 6.10 Å². The summed E-state index contributed by atoms with van der Waals surface area (Å²) in [6.07, 6.45) is -0.680. The van der Waals surface area contributed by atoms with Crippen molar-refractivity contribution < 1.29 is 19.8 Å². The number of aliphatic carboxylic acids is 1. The first-order valence-electron chi connectivity index (χ1n) is 6.20. The monoisotopic (exact) mass is 263 g/mol. The highest BCUT2D eigenvalue weighted by Crippen LogP contribution is 2.23. The second kappa shape index (κ2) is 5.01. The number of rotatable bonds is 2. The molecule has 1 saturated heterocycles. The number of nitrogens with zero attached hydrogens (tertiary/aromatic N) is 1. The highest BCUT2D eigenvalue weighted by atomic mass is 16.4. The fourth-order valence-electron chi connectivity index (χ4n) is 2.57. The quantitative estimate of drug-likeness (QED) is 0.833. The van der Waals surface area contributed by atoms with Gasteiger partial charge in [-0.15, -0.1) is 0 Å². The van der Waals surface area contributed by atoms with Crippen LogP contribution in [0.15, 0.2) is 18.2 Å². The molecule has 1 aliphatic rings. The van der Waals surface area contributed by atoms with Gasteiger partial charge in [-0.3, -0.25) is 4.79 Å². The highest BCUT2D eigenvalue weighted by Gasteiger charge is 2.39. The number of hydrogen-bond acceptors (Lipinski definition) is 3. The van der Waals surface area contributed by atoms with E-state index in [-0.39, 0.29) is 18.9 Å². The molecule has 5 nitrogen and oxygen atoms in total. The predicted octanol–water partition coefficient (Wildman–Crippen LogP) is 0.963. The molecule has 0 spiro atoms. The van der Waals surface area contributed by atoms with E-state index >= 15 is 0 Å². The number of amides is 1. The summed E-state index contributed by atoms with van der Waals surface area (Å²) in [7, 11) is 0. The lowest BCUT2D eigenvalue weighted by Crippen LogP contribution is -2.41. The number of carboxylic acids is 1.